The molecule has 0 aliphatic carbocycles. The maximum absolute atomic E-state index is 11.3. The van der Waals surface area contributed by atoms with Crippen molar-refractivity contribution in [2.75, 3.05) is 6.61 Å². The summed E-state index contributed by atoms with van der Waals surface area (Å²) in [5.74, 6) is -0.565. The molecule has 0 saturated carbocycles. The quantitative estimate of drug-likeness (QED) is 0.823. The van der Waals surface area contributed by atoms with Crippen LogP contribution in [0.15, 0.2) is 6.20 Å². The summed E-state index contributed by atoms with van der Waals surface area (Å²) in [5.41, 5.74) is 0.705. The highest BCUT2D eigenvalue weighted by molar-refractivity contribution is 6.63. The summed E-state index contributed by atoms with van der Waals surface area (Å²) in [6.07, 6.45) is 1.72. The summed E-state index contributed by atoms with van der Waals surface area (Å²) in [5, 5.41) is 9.29. The lowest BCUT2D eigenvalue weighted by atomic mass is 9.76. The first-order valence-corrected chi connectivity index (χ1v) is 8.46. The lowest BCUT2D eigenvalue weighted by Crippen LogP contribution is -2.41. The van der Waals surface area contributed by atoms with Crippen molar-refractivity contribution in [3.8, 4) is 5.88 Å². The van der Waals surface area contributed by atoms with Crippen molar-refractivity contribution < 1.29 is 23.9 Å². The first-order chi connectivity index (χ1) is 11.3. The van der Waals surface area contributed by atoms with E-state index >= 15 is 0 Å². The standard InChI is InChI=1S/C18H28BNO5/c1-11-9-20-14(23-10-16(3,4)15(21)22)13(12(11)2)19-24-17(5,6)18(7,8)25-19/h9H,10H2,1-8H3,(H,21,22). The molecule has 138 valence electrons. The lowest BCUT2D eigenvalue weighted by molar-refractivity contribution is -0.148. The fourth-order valence-corrected chi connectivity index (χ4v) is 2.36. The predicted octanol–water partition coefficient (Wildman–Crippen LogP) is 2.49. The Morgan fingerprint density at radius 2 is 1.76 bits per heavy atom. The number of ether oxygens (including phenoxy) is 1. The molecule has 1 aliphatic heterocycles. The maximum atomic E-state index is 11.3. The minimum atomic E-state index is -1.02. The van der Waals surface area contributed by atoms with Crippen LogP contribution in [0.2, 0.25) is 0 Å². The molecule has 0 aromatic carbocycles. The number of carboxylic acid groups (broad SMARTS) is 1. The van der Waals surface area contributed by atoms with Gasteiger partial charge in [-0.05, 0) is 66.5 Å². The molecule has 1 aromatic rings. The molecule has 1 aliphatic rings. The van der Waals surface area contributed by atoms with Gasteiger partial charge in [0, 0.05) is 11.7 Å². The molecule has 0 amide bonds. The van der Waals surface area contributed by atoms with Crippen molar-refractivity contribution in [1.82, 2.24) is 4.98 Å². The number of rotatable bonds is 5. The van der Waals surface area contributed by atoms with Crippen molar-refractivity contribution in [2.24, 2.45) is 5.41 Å². The van der Waals surface area contributed by atoms with E-state index in [9.17, 15) is 9.90 Å². The van der Waals surface area contributed by atoms with Crippen molar-refractivity contribution >= 4 is 18.6 Å². The van der Waals surface area contributed by atoms with Crippen LogP contribution in [0.4, 0.5) is 0 Å². The monoisotopic (exact) mass is 349 g/mol. The minimum absolute atomic E-state index is 0.00431. The van der Waals surface area contributed by atoms with Gasteiger partial charge in [0.05, 0.1) is 16.6 Å². The van der Waals surface area contributed by atoms with E-state index in [0.29, 0.717) is 5.88 Å². The Kier molecular flexibility index (Phi) is 4.96. The Bertz CT molecular complexity index is 668. The number of nitrogens with zero attached hydrogens (tertiary/aromatic N) is 1. The molecule has 6 nitrogen and oxygen atoms in total. The van der Waals surface area contributed by atoms with Crippen molar-refractivity contribution in [1.29, 1.82) is 0 Å². The first kappa shape index (κ1) is 19.7. The number of hydrogen-bond donors (Lipinski definition) is 1. The van der Waals surface area contributed by atoms with Gasteiger partial charge in [-0.25, -0.2) is 4.98 Å². The smallest absolute Gasteiger partial charge is 0.481 e. The average Bonchev–Trinajstić information content (AvgIpc) is 2.68. The third kappa shape index (κ3) is 3.67. The van der Waals surface area contributed by atoms with Crippen LogP contribution >= 0.6 is 0 Å². The summed E-state index contributed by atoms with van der Waals surface area (Å²) >= 11 is 0. The third-order valence-corrected chi connectivity index (χ3v) is 5.24. The predicted molar refractivity (Wildman–Crippen MR) is 96.3 cm³/mol. The summed E-state index contributed by atoms with van der Waals surface area (Å²) in [4.78, 5) is 15.7. The van der Waals surface area contributed by atoms with Crippen molar-refractivity contribution in [3.63, 3.8) is 0 Å². The normalized spacial score (nSPS) is 19.1. The Morgan fingerprint density at radius 1 is 1.24 bits per heavy atom. The van der Waals surface area contributed by atoms with Crippen LogP contribution in [-0.2, 0) is 14.1 Å². The van der Waals surface area contributed by atoms with Crippen LogP contribution in [0, 0.1) is 19.3 Å². The Balaban J connectivity index is 2.38. The van der Waals surface area contributed by atoms with Gasteiger partial charge in [-0.2, -0.15) is 0 Å². The first-order valence-electron chi connectivity index (χ1n) is 8.46. The number of aliphatic carboxylic acids is 1. The van der Waals surface area contributed by atoms with Crippen LogP contribution < -0.4 is 10.2 Å². The second kappa shape index (κ2) is 6.29. The molecule has 0 bridgehead atoms. The van der Waals surface area contributed by atoms with E-state index in [4.69, 9.17) is 14.0 Å². The summed E-state index contributed by atoms with van der Waals surface area (Å²) < 4.78 is 18.1. The number of pyridine rings is 1. The lowest BCUT2D eigenvalue weighted by Gasteiger charge is -2.32. The molecule has 1 saturated heterocycles. The van der Waals surface area contributed by atoms with E-state index in [1.807, 2.05) is 41.5 Å². The van der Waals surface area contributed by atoms with Gasteiger partial charge in [-0.1, -0.05) is 0 Å². The fraction of sp³-hybridized carbons (Fsp3) is 0.667. The van der Waals surface area contributed by atoms with E-state index in [1.54, 1.807) is 20.0 Å². The molecular formula is C18H28BNO5. The Morgan fingerprint density at radius 3 is 2.24 bits per heavy atom. The number of aryl methyl sites for hydroxylation is 1. The van der Waals surface area contributed by atoms with Crippen molar-refractivity contribution in [3.05, 3.63) is 17.3 Å². The molecule has 0 radical (unpaired) electrons. The zero-order valence-corrected chi connectivity index (χ0v) is 16.4. The van der Waals surface area contributed by atoms with Gasteiger partial charge in [0.2, 0.25) is 5.88 Å². The average molecular weight is 349 g/mol. The Hall–Kier alpha value is -1.60. The molecule has 7 heteroatoms. The second-order valence-electron chi connectivity index (χ2n) is 8.35. The van der Waals surface area contributed by atoms with E-state index in [0.717, 1.165) is 16.6 Å². The number of aromatic nitrogens is 1. The highest BCUT2D eigenvalue weighted by Crippen LogP contribution is 2.37. The van der Waals surface area contributed by atoms with Crippen LogP contribution in [0.1, 0.15) is 52.7 Å². The van der Waals surface area contributed by atoms with Gasteiger partial charge in [-0.15, -0.1) is 0 Å². The summed E-state index contributed by atoms with van der Waals surface area (Å²) in [6, 6.07) is 0. The second-order valence-corrected chi connectivity index (χ2v) is 8.35. The van der Waals surface area contributed by atoms with Crippen LogP contribution in [0.25, 0.3) is 0 Å². The number of carbonyl (C=O) groups is 1. The molecule has 0 spiro atoms. The van der Waals surface area contributed by atoms with Gasteiger partial charge in [0.1, 0.15) is 6.61 Å². The molecule has 25 heavy (non-hydrogen) atoms. The highest BCUT2D eigenvalue weighted by Gasteiger charge is 2.53. The Labute approximate surface area is 150 Å². The van der Waals surface area contributed by atoms with E-state index < -0.39 is 29.7 Å². The van der Waals surface area contributed by atoms with E-state index in [2.05, 4.69) is 4.98 Å². The molecule has 0 atom stereocenters. The third-order valence-electron chi connectivity index (χ3n) is 5.24. The van der Waals surface area contributed by atoms with Crippen molar-refractivity contribution in [2.45, 2.75) is 66.6 Å². The zero-order valence-electron chi connectivity index (χ0n) is 16.4. The molecule has 1 N–H and O–H groups in total. The maximum Gasteiger partial charge on any atom is 0.500 e. The summed E-state index contributed by atoms with van der Waals surface area (Å²) in [7, 11) is -0.611. The highest BCUT2D eigenvalue weighted by atomic mass is 16.7. The zero-order chi connectivity index (χ0) is 19.2. The van der Waals surface area contributed by atoms with Gasteiger partial charge < -0.3 is 19.2 Å². The minimum Gasteiger partial charge on any atom is -0.481 e. The van der Waals surface area contributed by atoms with E-state index in [-0.39, 0.29) is 6.61 Å². The molecule has 0 unspecified atom stereocenters. The fourth-order valence-electron chi connectivity index (χ4n) is 2.36. The largest absolute Gasteiger partial charge is 0.500 e. The van der Waals surface area contributed by atoms with Crippen LogP contribution in [-0.4, -0.2) is 41.0 Å². The number of hydrogen-bond acceptors (Lipinski definition) is 5. The molecular weight excluding hydrogens is 321 g/mol. The topological polar surface area (TPSA) is 77.9 Å². The van der Waals surface area contributed by atoms with Gasteiger partial charge in [0.15, 0.2) is 0 Å². The molecule has 2 rings (SSSR count). The summed E-state index contributed by atoms with van der Waals surface area (Å²) in [6.45, 7) is 15.1. The van der Waals surface area contributed by atoms with Gasteiger partial charge >= 0.3 is 13.1 Å². The van der Waals surface area contributed by atoms with Crippen LogP contribution in [0.5, 0.6) is 5.88 Å². The number of carboxylic acids is 1. The molecule has 1 fully saturated rings. The molecule has 1 aromatic heterocycles. The van der Waals surface area contributed by atoms with Gasteiger partial charge in [0.25, 0.3) is 0 Å². The molecule has 2 heterocycles. The van der Waals surface area contributed by atoms with Gasteiger partial charge in [-0.3, -0.25) is 4.79 Å². The SMILES string of the molecule is Cc1cnc(OCC(C)(C)C(=O)O)c(B2OC(C)(C)C(C)(C)O2)c1C. The van der Waals surface area contributed by atoms with E-state index in [1.165, 1.54) is 0 Å². The van der Waals surface area contributed by atoms with Crippen LogP contribution in [0.3, 0.4) is 0 Å².